The van der Waals surface area contributed by atoms with E-state index in [2.05, 4.69) is 9.97 Å². The topological polar surface area (TPSA) is 115 Å². The molecule has 3 aromatic carbocycles. The van der Waals surface area contributed by atoms with Gasteiger partial charge in [0.25, 0.3) is 0 Å². The number of nitrogens with one attached hydrogen (secondary N) is 2. The number of aromatic nitrogens is 2. The fourth-order valence-electron chi connectivity index (χ4n) is 4.56. The molecular formula is C26H20N2O5. The number of aromatic amines is 2. The van der Waals surface area contributed by atoms with Gasteiger partial charge in [0, 0.05) is 38.9 Å². The van der Waals surface area contributed by atoms with E-state index in [0.29, 0.717) is 44.2 Å². The molecule has 0 saturated carbocycles. The van der Waals surface area contributed by atoms with Gasteiger partial charge >= 0.3 is 11.9 Å². The standard InChI is InChI=1S/C26H20N2O5/c1-33-15-8-6-7-14(13-15)20(21-16-9-2-4-11-18(16)27-23(21)25(29)30)22-17-10-3-5-12-19(17)28-24(22)26(31)32/h2-13,20,27-28H,1H3,(H,29,30)(H,31,32). The van der Waals surface area contributed by atoms with Crippen LogP contribution in [0.3, 0.4) is 0 Å². The molecular weight excluding hydrogens is 420 g/mol. The van der Waals surface area contributed by atoms with Gasteiger partial charge in [-0.15, -0.1) is 0 Å². The molecule has 0 spiro atoms. The van der Waals surface area contributed by atoms with Gasteiger partial charge in [0.1, 0.15) is 17.1 Å². The third-order valence-electron chi connectivity index (χ3n) is 5.92. The number of H-pyrrole nitrogens is 2. The maximum atomic E-state index is 12.3. The van der Waals surface area contributed by atoms with Crippen molar-refractivity contribution in [1.29, 1.82) is 0 Å². The van der Waals surface area contributed by atoms with Crippen LogP contribution in [0.15, 0.2) is 72.8 Å². The highest BCUT2D eigenvalue weighted by atomic mass is 16.5. The maximum absolute atomic E-state index is 12.3. The Bertz CT molecular complexity index is 1440. The zero-order valence-corrected chi connectivity index (χ0v) is 17.6. The predicted octanol–water partition coefficient (Wildman–Crippen LogP) is 5.23. The number of ether oxygens (including phenoxy) is 1. The van der Waals surface area contributed by atoms with E-state index in [1.807, 2.05) is 54.6 Å². The van der Waals surface area contributed by atoms with Crippen LogP contribution in [0, 0.1) is 0 Å². The third kappa shape index (κ3) is 3.30. The van der Waals surface area contributed by atoms with Crippen LogP contribution in [-0.2, 0) is 0 Å². The van der Waals surface area contributed by atoms with Gasteiger partial charge in [-0.3, -0.25) is 0 Å². The number of aromatic carboxylic acids is 2. The smallest absolute Gasteiger partial charge is 0.352 e. The van der Waals surface area contributed by atoms with Crippen molar-refractivity contribution in [2.75, 3.05) is 7.11 Å². The number of para-hydroxylation sites is 2. The third-order valence-corrected chi connectivity index (χ3v) is 5.92. The number of hydrogen-bond acceptors (Lipinski definition) is 3. The molecule has 164 valence electrons. The van der Waals surface area contributed by atoms with E-state index in [9.17, 15) is 19.8 Å². The van der Waals surface area contributed by atoms with Crippen molar-refractivity contribution in [3.8, 4) is 5.75 Å². The summed E-state index contributed by atoms with van der Waals surface area (Å²) in [7, 11) is 1.55. The van der Waals surface area contributed by atoms with E-state index in [1.165, 1.54) is 0 Å². The number of rotatable bonds is 6. The van der Waals surface area contributed by atoms with Crippen LogP contribution in [0.2, 0.25) is 0 Å². The second-order valence-corrected chi connectivity index (χ2v) is 7.74. The summed E-state index contributed by atoms with van der Waals surface area (Å²) in [5, 5.41) is 21.6. The van der Waals surface area contributed by atoms with Crippen molar-refractivity contribution < 1.29 is 24.5 Å². The Morgan fingerprint density at radius 3 is 1.76 bits per heavy atom. The molecule has 4 N–H and O–H groups in total. The van der Waals surface area contributed by atoms with E-state index in [4.69, 9.17) is 4.74 Å². The van der Waals surface area contributed by atoms with Crippen LogP contribution >= 0.6 is 0 Å². The first-order valence-corrected chi connectivity index (χ1v) is 10.3. The summed E-state index contributed by atoms with van der Waals surface area (Å²) in [5.74, 6) is -2.34. The molecule has 7 nitrogen and oxygen atoms in total. The van der Waals surface area contributed by atoms with Crippen molar-refractivity contribution in [2.45, 2.75) is 5.92 Å². The fourth-order valence-corrected chi connectivity index (χ4v) is 4.56. The Hall–Kier alpha value is -4.52. The van der Waals surface area contributed by atoms with Crippen LogP contribution in [0.1, 0.15) is 43.6 Å². The van der Waals surface area contributed by atoms with Crippen molar-refractivity contribution in [1.82, 2.24) is 9.97 Å². The Balaban J connectivity index is 1.94. The normalized spacial score (nSPS) is 11.3. The summed E-state index contributed by atoms with van der Waals surface area (Å²) in [6.07, 6.45) is 0. The van der Waals surface area contributed by atoms with Gasteiger partial charge in [-0.1, -0.05) is 48.5 Å². The second-order valence-electron chi connectivity index (χ2n) is 7.74. The minimum absolute atomic E-state index is 0.0191. The lowest BCUT2D eigenvalue weighted by molar-refractivity contribution is 0.0681. The molecule has 0 aliphatic carbocycles. The Labute approximate surface area is 188 Å². The first-order chi connectivity index (χ1) is 16.0. The molecule has 5 aromatic rings. The Kier molecular flexibility index (Phi) is 4.86. The SMILES string of the molecule is COc1cccc(C(c2c(C(=O)O)[nH]c3ccccc23)c2c(C(=O)O)[nH]c3ccccc23)c1. The van der Waals surface area contributed by atoms with Gasteiger partial charge in [0.15, 0.2) is 0 Å². The highest BCUT2D eigenvalue weighted by Crippen LogP contribution is 2.43. The average molecular weight is 440 g/mol. The quantitative estimate of drug-likeness (QED) is 0.288. The molecule has 0 saturated heterocycles. The van der Waals surface area contributed by atoms with Crippen LogP contribution < -0.4 is 4.74 Å². The lowest BCUT2D eigenvalue weighted by Gasteiger charge is -2.20. The maximum Gasteiger partial charge on any atom is 0.352 e. The molecule has 0 aliphatic heterocycles. The molecule has 0 bridgehead atoms. The highest BCUT2D eigenvalue weighted by molar-refractivity contribution is 6.02. The van der Waals surface area contributed by atoms with Gasteiger partial charge in [-0.25, -0.2) is 9.59 Å². The van der Waals surface area contributed by atoms with E-state index < -0.39 is 17.9 Å². The summed E-state index contributed by atoms with van der Waals surface area (Å²) in [4.78, 5) is 30.7. The second kappa shape index (κ2) is 7.87. The van der Waals surface area contributed by atoms with E-state index in [1.54, 1.807) is 25.3 Å². The fraction of sp³-hybridized carbons (Fsp3) is 0.0769. The summed E-state index contributed by atoms with van der Waals surface area (Å²) in [5.41, 5.74) is 3.08. The lowest BCUT2D eigenvalue weighted by Crippen LogP contribution is -2.13. The first kappa shape index (κ1) is 20.4. The monoisotopic (exact) mass is 440 g/mol. The number of carbonyl (C=O) groups is 2. The largest absolute Gasteiger partial charge is 0.497 e. The summed E-state index contributed by atoms with van der Waals surface area (Å²) >= 11 is 0. The van der Waals surface area contributed by atoms with Gasteiger partial charge in [0.2, 0.25) is 0 Å². The van der Waals surface area contributed by atoms with Gasteiger partial charge in [-0.05, 0) is 29.8 Å². The van der Waals surface area contributed by atoms with E-state index >= 15 is 0 Å². The van der Waals surface area contributed by atoms with Crippen molar-refractivity contribution >= 4 is 33.7 Å². The Morgan fingerprint density at radius 1 is 0.758 bits per heavy atom. The average Bonchev–Trinajstić information content (AvgIpc) is 3.40. The van der Waals surface area contributed by atoms with E-state index in [-0.39, 0.29) is 11.4 Å². The van der Waals surface area contributed by atoms with Gasteiger partial charge in [-0.2, -0.15) is 0 Å². The molecule has 0 atom stereocenters. The minimum Gasteiger partial charge on any atom is -0.497 e. The molecule has 0 fully saturated rings. The first-order valence-electron chi connectivity index (χ1n) is 10.3. The van der Waals surface area contributed by atoms with Crippen molar-refractivity contribution in [3.05, 3.63) is 101 Å². The van der Waals surface area contributed by atoms with Crippen LogP contribution in [0.25, 0.3) is 21.8 Å². The zero-order valence-electron chi connectivity index (χ0n) is 17.6. The van der Waals surface area contributed by atoms with Crippen molar-refractivity contribution in [3.63, 3.8) is 0 Å². The molecule has 2 aromatic heterocycles. The van der Waals surface area contributed by atoms with Gasteiger partial charge < -0.3 is 24.9 Å². The van der Waals surface area contributed by atoms with Crippen LogP contribution in [0.5, 0.6) is 5.75 Å². The molecule has 7 heteroatoms. The van der Waals surface area contributed by atoms with E-state index in [0.717, 1.165) is 0 Å². The predicted molar refractivity (Wildman–Crippen MR) is 124 cm³/mol. The highest BCUT2D eigenvalue weighted by Gasteiger charge is 2.32. The number of methoxy groups -OCH3 is 1. The zero-order chi connectivity index (χ0) is 23.1. The molecule has 0 amide bonds. The number of hydrogen-bond donors (Lipinski definition) is 4. The molecule has 33 heavy (non-hydrogen) atoms. The molecule has 5 rings (SSSR count). The van der Waals surface area contributed by atoms with Crippen LogP contribution in [-0.4, -0.2) is 39.2 Å². The molecule has 0 aliphatic rings. The lowest BCUT2D eigenvalue weighted by atomic mass is 9.81. The van der Waals surface area contributed by atoms with Gasteiger partial charge in [0.05, 0.1) is 7.11 Å². The summed E-state index contributed by atoms with van der Waals surface area (Å²) in [6, 6.07) is 21.9. The summed E-state index contributed by atoms with van der Waals surface area (Å²) in [6.45, 7) is 0. The van der Waals surface area contributed by atoms with Crippen LogP contribution in [0.4, 0.5) is 0 Å². The van der Waals surface area contributed by atoms with Crippen molar-refractivity contribution in [2.24, 2.45) is 0 Å². The number of fused-ring (bicyclic) bond motifs is 2. The molecule has 2 heterocycles. The summed E-state index contributed by atoms with van der Waals surface area (Å²) < 4.78 is 5.42. The number of carboxylic acid groups (broad SMARTS) is 2. The molecule has 0 radical (unpaired) electrons. The molecule has 0 unspecified atom stereocenters. The Morgan fingerprint density at radius 2 is 1.27 bits per heavy atom. The minimum atomic E-state index is -1.12. The number of benzene rings is 3. The number of carboxylic acids is 2.